The van der Waals surface area contributed by atoms with Crippen LogP contribution in [-0.2, 0) is 11.2 Å². The molecule has 2 aromatic rings. The lowest BCUT2D eigenvalue weighted by molar-refractivity contribution is -0.107. The lowest BCUT2D eigenvalue weighted by Crippen LogP contribution is -1.89. The quantitative estimate of drug-likeness (QED) is 0.727. The van der Waals surface area contributed by atoms with E-state index in [0.29, 0.717) is 17.5 Å². The van der Waals surface area contributed by atoms with Gasteiger partial charge in [0.2, 0.25) is 0 Å². The number of methoxy groups -OCH3 is 1. The van der Waals surface area contributed by atoms with Crippen LogP contribution in [0.2, 0.25) is 0 Å². The van der Waals surface area contributed by atoms with Crippen molar-refractivity contribution in [3.05, 3.63) is 30.1 Å². The Kier molecular flexibility index (Phi) is 2.95. The number of carbonyl (C=O) groups is 1. The first-order valence-electron chi connectivity index (χ1n) is 4.74. The van der Waals surface area contributed by atoms with E-state index in [1.54, 1.807) is 13.2 Å². The summed E-state index contributed by atoms with van der Waals surface area (Å²) in [6.07, 6.45) is 0.884. The summed E-state index contributed by atoms with van der Waals surface area (Å²) in [4.78, 5) is 14.4. The molecule has 5 nitrogen and oxygen atoms in total. The van der Waals surface area contributed by atoms with Crippen LogP contribution in [0.25, 0.3) is 11.5 Å². The second-order valence-electron chi connectivity index (χ2n) is 3.09. The highest BCUT2D eigenvalue weighted by molar-refractivity contribution is 5.62. The van der Waals surface area contributed by atoms with Gasteiger partial charge >= 0.3 is 0 Å². The maximum Gasteiger partial charge on any atom is 0.261 e. The topological polar surface area (TPSA) is 65.2 Å². The molecule has 5 heteroatoms. The Bertz CT molecular complexity index is 493. The molecule has 0 unspecified atom stereocenters. The van der Waals surface area contributed by atoms with E-state index in [4.69, 9.17) is 9.26 Å². The Morgan fingerprint density at radius 1 is 1.44 bits per heavy atom. The van der Waals surface area contributed by atoms with Crippen LogP contribution in [0.1, 0.15) is 5.82 Å². The number of ether oxygens (including phenoxy) is 1. The van der Waals surface area contributed by atoms with Gasteiger partial charge in [-0.25, -0.2) is 0 Å². The van der Waals surface area contributed by atoms with Gasteiger partial charge in [0, 0.05) is 0 Å². The Morgan fingerprint density at radius 3 is 3.00 bits per heavy atom. The third-order valence-electron chi connectivity index (χ3n) is 2.07. The highest BCUT2D eigenvalue weighted by atomic mass is 16.5. The van der Waals surface area contributed by atoms with Crippen molar-refractivity contribution < 1.29 is 14.1 Å². The number of aromatic nitrogens is 2. The van der Waals surface area contributed by atoms with Crippen molar-refractivity contribution in [3.8, 4) is 17.2 Å². The molecule has 1 aromatic heterocycles. The smallest absolute Gasteiger partial charge is 0.261 e. The minimum absolute atomic E-state index is 0.151. The zero-order valence-corrected chi connectivity index (χ0v) is 8.71. The Balaban J connectivity index is 2.38. The van der Waals surface area contributed by atoms with Crippen molar-refractivity contribution in [3.63, 3.8) is 0 Å². The summed E-state index contributed by atoms with van der Waals surface area (Å²) in [7, 11) is 1.57. The monoisotopic (exact) mass is 218 g/mol. The van der Waals surface area contributed by atoms with E-state index < -0.39 is 0 Å². The molecule has 0 aliphatic rings. The molecule has 0 N–H and O–H groups in total. The lowest BCUT2D eigenvalue weighted by atomic mass is 10.2. The maximum atomic E-state index is 10.3. The minimum Gasteiger partial charge on any atom is -0.496 e. The van der Waals surface area contributed by atoms with Gasteiger partial charge in [0.15, 0.2) is 5.82 Å². The summed E-state index contributed by atoms with van der Waals surface area (Å²) < 4.78 is 10.2. The molecule has 0 spiro atoms. The molecule has 0 fully saturated rings. The van der Waals surface area contributed by atoms with Crippen LogP contribution < -0.4 is 4.74 Å². The first kappa shape index (κ1) is 10.4. The number of para-hydroxylation sites is 1. The summed E-state index contributed by atoms with van der Waals surface area (Å²) in [5.74, 6) is 1.38. The normalized spacial score (nSPS) is 10.1. The number of nitrogens with zero attached hydrogens (tertiary/aromatic N) is 2. The fraction of sp³-hybridized carbons (Fsp3) is 0.182. The van der Waals surface area contributed by atoms with Gasteiger partial charge in [0.25, 0.3) is 5.89 Å². The molecule has 0 radical (unpaired) electrons. The number of hydrogen-bond donors (Lipinski definition) is 0. The van der Waals surface area contributed by atoms with E-state index in [0.717, 1.165) is 11.8 Å². The van der Waals surface area contributed by atoms with E-state index in [1.165, 1.54) is 0 Å². The van der Waals surface area contributed by atoms with Gasteiger partial charge in [-0.15, -0.1) is 0 Å². The van der Waals surface area contributed by atoms with Crippen LogP contribution in [0.4, 0.5) is 0 Å². The van der Waals surface area contributed by atoms with Gasteiger partial charge in [-0.05, 0) is 12.1 Å². The van der Waals surface area contributed by atoms with Gasteiger partial charge in [-0.1, -0.05) is 17.3 Å². The summed E-state index contributed by atoms with van der Waals surface area (Å²) in [6.45, 7) is 0. The van der Waals surface area contributed by atoms with Crippen LogP contribution in [0.5, 0.6) is 5.75 Å². The molecular formula is C11H10N2O3. The predicted octanol–water partition coefficient (Wildman–Crippen LogP) is 1.49. The van der Waals surface area contributed by atoms with Crippen molar-refractivity contribution in [2.24, 2.45) is 0 Å². The third-order valence-corrected chi connectivity index (χ3v) is 2.07. The van der Waals surface area contributed by atoms with E-state index >= 15 is 0 Å². The maximum absolute atomic E-state index is 10.3. The summed E-state index contributed by atoms with van der Waals surface area (Å²) in [6, 6.07) is 7.32. The first-order chi connectivity index (χ1) is 7.85. The number of benzene rings is 1. The second-order valence-corrected chi connectivity index (χ2v) is 3.09. The van der Waals surface area contributed by atoms with Gasteiger partial charge in [-0.2, -0.15) is 4.98 Å². The van der Waals surface area contributed by atoms with Gasteiger partial charge in [0.05, 0.1) is 19.1 Å². The molecule has 0 aliphatic carbocycles. The van der Waals surface area contributed by atoms with Crippen LogP contribution in [0, 0.1) is 0 Å². The standard InChI is InChI=1S/C11H10N2O3/c1-15-9-5-3-2-4-8(9)11-12-10(6-7-14)13-16-11/h2-5,7H,6H2,1H3. The average molecular weight is 218 g/mol. The summed E-state index contributed by atoms with van der Waals surface area (Å²) in [5, 5.41) is 3.68. The van der Waals surface area contributed by atoms with Gasteiger partial charge < -0.3 is 14.1 Å². The van der Waals surface area contributed by atoms with Crippen molar-refractivity contribution in [2.75, 3.05) is 7.11 Å². The molecule has 1 heterocycles. The molecule has 0 saturated heterocycles. The molecule has 16 heavy (non-hydrogen) atoms. The highest BCUT2D eigenvalue weighted by Gasteiger charge is 2.12. The van der Waals surface area contributed by atoms with Crippen LogP contribution >= 0.6 is 0 Å². The Hall–Kier alpha value is -2.17. The Labute approximate surface area is 92.0 Å². The van der Waals surface area contributed by atoms with Crippen molar-refractivity contribution in [1.29, 1.82) is 0 Å². The summed E-state index contributed by atoms with van der Waals surface area (Å²) >= 11 is 0. The number of carbonyl (C=O) groups excluding carboxylic acids is 1. The molecule has 0 atom stereocenters. The van der Waals surface area contributed by atoms with E-state index in [2.05, 4.69) is 10.1 Å². The number of aldehydes is 1. The SMILES string of the molecule is COc1ccccc1-c1nc(CC=O)no1. The molecule has 82 valence electrons. The second kappa shape index (κ2) is 4.57. The predicted molar refractivity (Wildman–Crippen MR) is 56.1 cm³/mol. The molecule has 1 aromatic carbocycles. The van der Waals surface area contributed by atoms with E-state index in [9.17, 15) is 4.79 Å². The zero-order chi connectivity index (χ0) is 11.4. The fourth-order valence-electron chi connectivity index (χ4n) is 1.34. The molecule has 0 amide bonds. The van der Waals surface area contributed by atoms with Crippen LogP contribution in [-0.4, -0.2) is 23.5 Å². The van der Waals surface area contributed by atoms with Gasteiger partial charge in [0.1, 0.15) is 12.0 Å². The van der Waals surface area contributed by atoms with Crippen LogP contribution in [0.15, 0.2) is 28.8 Å². The van der Waals surface area contributed by atoms with Gasteiger partial charge in [-0.3, -0.25) is 0 Å². The first-order valence-corrected chi connectivity index (χ1v) is 4.74. The van der Waals surface area contributed by atoms with E-state index in [-0.39, 0.29) is 6.42 Å². The Morgan fingerprint density at radius 2 is 2.25 bits per heavy atom. The zero-order valence-electron chi connectivity index (χ0n) is 8.71. The third kappa shape index (κ3) is 1.93. The van der Waals surface area contributed by atoms with Crippen LogP contribution in [0.3, 0.4) is 0 Å². The molecule has 0 aliphatic heterocycles. The highest BCUT2D eigenvalue weighted by Crippen LogP contribution is 2.27. The molecule has 0 bridgehead atoms. The lowest BCUT2D eigenvalue weighted by Gasteiger charge is -2.02. The summed E-state index contributed by atoms with van der Waals surface area (Å²) in [5.41, 5.74) is 0.717. The van der Waals surface area contributed by atoms with E-state index in [1.807, 2.05) is 18.2 Å². The number of hydrogen-bond acceptors (Lipinski definition) is 5. The van der Waals surface area contributed by atoms with Crippen molar-refractivity contribution in [1.82, 2.24) is 10.1 Å². The minimum atomic E-state index is 0.151. The molecule has 2 rings (SSSR count). The molecular weight excluding hydrogens is 208 g/mol. The van der Waals surface area contributed by atoms with Crippen molar-refractivity contribution >= 4 is 6.29 Å². The average Bonchev–Trinajstić information content (AvgIpc) is 2.78. The molecule has 0 saturated carbocycles. The number of rotatable bonds is 4. The fourth-order valence-corrected chi connectivity index (χ4v) is 1.34. The largest absolute Gasteiger partial charge is 0.496 e. The van der Waals surface area contributed by atoms with Crippen molar-refractivity contribution in [2.45, 2.75) is 6.42 Å².